The molecule has 0 spiro atoms. The highest BCUT2D eigenvalue weighted by Crippen LogP contribution is 2.51. The Morgan fingerprint density at radius 2 is 0.911 bits per heavy atom. The smallest absolute Gasteiger partial charge is 0.0630 e. The highest BCUT2D eigenvalue weighted by atomic mass is 15.2. The Balaban J connectivity index is 1.00. The lowest BCUT2D eigenvalue weighted by Gasteiger charge is -2.30. The first-order valence-electron chi connectivity index (χ1n) is 19.5. The molecule has 11 rings (SSSR count). The van der Waals surface area contributed by atoms with Gasteiger partial charge in [0.1, 0.15) is 0 Å². The third kappa shape index (κ3) is 5.41. The van der Waals surface area contributed by atoms with Crippen molar-refractivity contribution >= 4 is 38.8 Å². The molecule has 0 radical (unpaired) electrons. The van der Waals surface area contributed by atoms with Crippen LogP contribution in [-0.4, -0.2) is 10.6 Å². The van der Waals surface area contributed by atoms with Crippen molar-refractivity contribution in [1.29, 1.82) is 0 Å². The van der Waals surface area contributed by atoms with Gasteiger partial charge in [0, 0.05) is 33.8 Å². The largest absolute Gasteiger partial charge is 0.333 e. The van der Waals surface area contributed by atoms with Gasteiger partial charge in [0.05, 0.1) is 17.1 Å². The minimum atomic E-state index is 0.163. The van der Waals surface area contributed by atoms with Crippen LogP contribution in [0, 0.1) is 0 Å². The highest BCUT2D eigenvalue weighted by Gasteiger charge is 2.38. The number of rotatable bonds is 6. The molecule has 2 atom stereocenters. The molecule has 56 heavy (non-hydrogen) atoms. The Kier molecular flexibility index (Phi) is 7.67. The molecule has 1 aliphatic carbocycles. The van der Waals surface area contributed by atoms with Crippen LogP contribution in [0.4, 0.5) is 11.4 Å². The lowest BCUT2D eigenvalue weighted by molar-refractivity contribution is 0.747. The second-order valence-electron chi connectivity index (χ2n) is 14.9. The van der Waals surface area contributed by atoms with Crippen LogP contribution in [0.5, 0.6) is 0 Å². The summed E-state index contributed by atoms with van der Waals surface area (Å²) in [5.74, 6) is 0.203. The zero-order chi connectivity index (χ0) is 37.0. The van der Waals surface area contributed by atoms with Crippen molar-refractivity contribution in [2.45, 2.75) is 12.0 Å². The third-order valence-corrected chi connectivity index (χ3v) is 11.7. The van der Waals surface area contributed by atoms with Gasteiger partial charge in [0.25, 0.3) is 0 Å². The quantitative estimate of drug-likeness (QED) is 0.166. The molecule has 1 aliphatic heterocycles. The van der Waals surface area contributed by atoms with E-state index in [-0.39, 0.29) is 12.0 Å². The molecule has 0 fully saturated rings. The van der Waals surface area contributed by atoms with Crippen LogP contribution >= 0.6 is 0 Å². The summed E-state index contributed by atoms with van der Waals surface area (Å²) in [7, 11) is 0. The molecule has 8 aromatic carbocycles. The van der Waals surface area contributed by atoms with Crippen LogP contribution in [0.25, 0.3) is 66.4 Å². The molecule has 2 nitrogen and oxygen atoms in total. The molecule has 2 heteroatoms. The van der Waals surface area contributed by atoms with Gasteiger partial charge >= 0.3 is 0 Å². The van der Waals surface area contributed by atoms with Gasteiger partial charge in [-0.05, 0) is 98.6 Å². The number of hydrogen-bond acceptors (Lipinski definition) is 1. The number of benzene rings is 8. The summed E-state index contributed by atoms with van der Waals surface area (Å²) in [5, 5.41) is 2.54. The van der Waals surface area contributed by atoms with Gasteiger partial charge in [0.15, 0.2) is 0 Å². The first-order valence-corrected chi connectivity index (χ1v) is 19.5. The molecule has 0 bridgehead atoms. The van der Waals surface area contributed by atoms with E-state index in [4.69, 9.17) is 0 Å². The summed E-state index contributed by atoms with van der Waals surface area (Å²) < 4.78 is 2.39. The maximum Gasteiger partial charge on any atom is 0.0630 e. The number of anilines is 2. The minimum Gasteiger partial charge on any atom is -0.333 e. The van der Waals surface area contributed by atoms with Gasteiger partial charge in [0.2, 0.25) is 0 Å². The van der Waals surface area contributed by atoms with E-state index in [0.29, 0.717) is 0 Å². The molecule has 0 amide bonds. The first-order chi connectivity index (χ1) is 27.8. The van der Waals surface area contributed by atoms with E-state index >= 15 is 0 Å². The van der Waals surface area contributed by atoms with E-state index in [1.807, 2.05) is 0 Å². The van der Waals surface area contributed by atoms with Crippen LogP contribution in [0.2, 0.25) is 0 Å². The average molecular weight is 715 g/mol. The predicted octanol–water partition coefficient (Wildman–Crippen LogP) is 14.0. The van der Waals surface area contributed by atoms with Gasteiger partial charge in [-0.2, -0.15) is 0 Å². The van der Waals surface area contributed by atoms with Crippen molar-refractivity contribution < 1.29 is 0 Å². The van der Waals surface area contributed by atoms with Gasteiger partial charge in [-0.25, -0.2) is 0 Å². The predicted molar refractivity (Wildman–Crippen MR) is 236 cm³/mol. The van der Waals surface area contributed by atoms with E-state index in [2.05, 4.69) is 228 Å². The number of allylic oxidation sites excluding steroid dienone is 2. The van der Waals surface area contributed by atoms with Crippen molar-refractivity contribution in [3.63, 3.8) is 0 Å². The fourth-order valence-electron chi connectivity index (χ4n) is 9.01. The molecule has 0 N–H and O–H groups in total. The summed E-state index contributed by atoms with van der Waals surface area (Å²) in [6.07, 6.45) is 7.28. The van der Waals surface area contributed by atoms with E-state index in [9.17, 15) is 0 Å². The van der Waals surface area contributed by atoms with E-state index in [0.717, 1.165) is 0 Å². The van der Waals surface area contributed by atoms with E-state index in [1.165, 1.54) is 88.9 Å². The van der Waals surface area contributed by atoms with Crippen LogP contribution in [0.15, 0.2) is 218 Å². The monoisotopic (exact) mass is 714 g/mol. The molecule has 0 saturated carbocycles. The van der Waals surface area contributed by atoms with Crippen molar-refractivity contribution in [3.05, 3.63) is 230 Å². The Bertz CT molecular complexity index is 2940. The molecule has 1 aromatic heterocycles. The number of aromatic nitrogens is 1. The fourth-order valence-corrected chi connectivity index (χ4v) is 9.01. The van der Waals surface area contributed by atoms with Gasteiger partial charge in [-0.15, -0.1) is 0 Å². The number of para-hydroxylation sites is 2. The van der Waals surface area contributed by atoms with E-state index < -0.39 is 0 Å². The zero-order valence-electron chi connectivity index (χ0n) is 30.8. The standard InChI is InChI=1S/C54H38N2/c1-4-12-37(13-5-1)39-20-22-41(23-21-39)44-26-31-48-50-35-43(28-33-53(50)56(54(48)36-44)46-29-24-40(25-30-46)38-14-6-2-7-15-38)42-27-32-52-49(34-42)47-18-10-11-19-51(47)55(52)45-16-8-3-9-17-45/h1-36,50,53H. The molecule has 2 heterocycles. The van der Waals surface area contributed by atoms with Gasteiger partial charge < -0.3 is 9.47 Å². The molecular formula is C54H38N2. The molecule has 9 aromatic rings. The molecular weight excluding hydrogens is 677 g/mol. The van der Waals surface area contributed by atoms with Gasteiger partial charge in [-0.1, -0.05) is 170 Å². The molecule has 0 saturated heterocycles. The summed E-state index contributed by atoms with van der Waals surface area (Å²) in [4.78, 5) is 2.55. The Morgan fingerprint density at radius 3 is 1.61 bits per heavy atom. The Hall–Kier alpha value is -7.16. The van der Waals surface area contributed by atoms with Crippen molar-refractivity contribution in [2.24, 2.45) is 0 Å². The summed E-state index contributed by atoms with van der Waals surface area (Å²) in [6, 6.07) is 73.1. The SMILES string of the molecule is C1=CC2C(C=C1c1ccc3c(c1)c1ccccc1n3-c1ccccc1)c1ccc(-c3ccc(-c4ccccc4)cc3)cc1N2c1ccc(-c2ccccc2)cc1. The zero-order valence-corrected chi connectivity index (χ0v) is 30.8. The topological polar surface area (TPSA) is 8.17 Å². The van der Waals surface area contributed by atoms with E-state index in [1.54, 1.807) is 0 Å². The Labute approximate surface area is 327 Å². The molecule has 264 valence electrons. The minimum absolute atomic E-state index is 0.163. The average Bonchev–Trinajstić information content (AvgIpc) is 3.79. The summed E-state index contributed by atoms with van der Waals surface area (Å²) in [5.41, 5.74) is 17.3. The summed E-state index contributed by atoms with van der Waals surface area (Å²) >= 11 is 0. The van der Waals surface area contributed by atoms with Crippen LogP contribution in [0.3, 0.4) is 0 Å². The third-order valence-electron chi connectivity index (χ3n) is 11.7. The fraction of sp³-hybridized carbons (Fsp3) is 0.0370. The molecule has 2 aliphatic rings. The lowest BCUT2D eigenvalue weighted by atomic mass is 9.85. The second-order valence-corrected chi connectivity index (χ2v) is 14.9. The second kappa shape index (κ2) is 13.3. The number of hydrogen-bond donors (Lipinski definition) is 0. The normalized spacial score (nSPS) is 15.9. The highest BCUT2D eigenvalue weighted by molar-refractivity contribution is 6.10. The molecule has 2 unspecified atom stereocenters. The first kappa shape index (κ1) is 32.3. The summed E-state index contributed by atoms with van der Waals surface area (Å²) in [6.45, 7) is 0. The maximum absolute atomic E-state index is 2.55. The Morgan fingerprint density at radius 1 is 0.375 bits per heavy atom. The lowest BCUT2D eigenvalue weighted by Crippen LogP contribution is -2.28. The van der Waals surface area contributed by atoms with Crippen molar-refractivity contribution in [2.75, 3.05) is 4.90 Å². The van der Waals surface area contributed by atoms with Crippen LogP contribution in [0.1, 0.15) is 17.0 Å². The van der Waals surface area contributed by atoms with Gasteiger partial charge in [-0.3, -0.25) is 0 Å². The number of fused-ring (bicyclic) bond motifs is 6. The van der Waals surface area contributed by atoms with Crippen molar-refractivity contribution in [1.82, 2.24) is 4.57 Å². The maximum atomic E-state index is 2.55. The number of nitrogens with zero attached hydrogens (tertiary/aromatic N) is 2. The van der Waals surface area contributed by atoms with Crippen molar-refractivity contribution in [3.8, 4) is 39.1 Å². The van der Waals surface area contributed by atoms with Crippen LogP contribution < -0.4 is 4.90 Å². The van der Waals surface area contributed by atoms with Crippen LogP contribution in [-0.2, 0) is 0 Å².